The molecule has 1 aliphatic heterocycles. The Hall–Kier alpha value is -0.790. The summed E-state index contributed by atoms with van der Waals surface area (Å²) < 4.78 is 2.22. The maximum atomic E-state index is 4.36. The van der Waals surface area contributed by atoms with Gasteiger partial charge in [0, 0.05) is 19.2 Å². The van der Waals surface area contributed by atoms with Crippen LogP contribution in [0.4, 0.5) is 0 Å². The molecule has 0 bridgehead atoms. The van der Waals surface area contributed by atoms with Crippen molar-refractivity contribution in [2.45, 2.75) is 26.3 Å². The van der Waals surface area contributed by atoms with E-state index >= 15 is 0 Å². The van der Waals surface area contributed by atoms with Gasteiger partial charge >= 0.3 is 0 Å². The quantitative estimate of drug-likeness (QED) is 0.527. The number of fused-ring (bicyclic) bond motifs is 1. The molecule has 2 heterocycles. The molecule has 2 rings (SSSR count). The van der Waals surface area contributed by atoms with Crippen molar-refractivity contribution in [2.75, 3.05) is 0 Å². The summed E-state index contributed by atoms with van der Waals surface area (Å²) in [6.07, 6.45) is 6.78. The minimum Gasteiger partial charge on any atom is -0.334 e. The second kappa shape index (κ2) is 2.11. The molecule has 2 nitrogen and oxygen atoms in total. The lowest BCUT2D eigenvalue weighted by molar-refractivity contribution is 0.581. The molecule has 2 heteroatoms. The highest BCUT2D eigenvalue weighted by Crippen LogP contribution is 2.15. The van der Waals surface area contributed by atoms with Gasteiger partial charge in [-0.05, 0) is 19.8 Å². The Morgan fingerprint density at radius 2 is 2.50 bits per heavy atom. The Labute approximate surface area is 60.9 Å². The third kappa shape index (κ3) is 0.838. The summed E-state index contributed by atoms with van der Waals surface area (Å²) in [4.78, 5) is 4.36. The Kier molecular flexibility index (Phi) is 1.26. The molecule has 0 unspecified atom stereocenters. The SMILES string of the molecule is Cc1cn2c(n1)[CH]CCC2. The standard InChI is InChI=1S/C8H11N2/c1-7-6-10-5-3-2-4-8(10)9-7/h4,6H,2-3,5H2,1H3. The van der Waals surface area contributed by atoms with E-state index in [1.807, 2.05) is 6.92 Å². The third-order valence-electron chi connectivity index (χ3n) is 1.86. The summed E-state index contributed by atoms with van der Waals surface area (Å²) in [6.45, 7) is 3.19. The van der Waals surface area contributed by atoms with Gasteiger partial charge in [0.1, 0.15) is 5.82 Å². The largest absolute Gasteiger partial charge is 0.334 e. The van der Waals surface area contributed by atoms with Gasteiger partial charge in [-0.3, -0.25) is 0 Å². The molecule has 0 spiro atoms. The van der Waals surface area contributed by atoms with E-state index < -0.39 is 0 Å². The van der Waals surface area contributed by atoms with Gasteiger partial charge in [0.05, 0.1) is 5.69 Å². The van der Waals surface area contributed by atoms with Crippen LogP contribution in [0.25, 0.3) is 0 Å². The molecule has 1 radical (unpaired) electrons. The van der Waals surface area contributed by atoms with Crippen molar-refractivity contribution in [3.05, 3.63) is 24.1 Å². The second-order valence-electron chi connectivity index (χ2n) is 2.78. The zero-order valence-corrected chi connectivity index (χ0v) is 6.17. The first kappa shape index (κ1) is 5.96. The second-order valence-corrected chi connectivity index (χ2v) is 2.78. The molecule has 0 atom stereocenters. The lowest BCUT2D eigenvalue weighted by Crippen LogP contribution is -2.07. The van der Waals surface area contributed by atoms with Gasteiger partial charge in [-0.25, -0.2) is 4.98 Å². The third-order valence-corrected chi connectivity index (χ3v) is 1.86. The number of aromatic nitrogens is 2. The van der Waals surface area contributed by atoms with Crippen LogP contribution in [-0.4, -0.2) is 9.55 Å². The van der Waals surface area contributed by atoms with Crippen LogP contribution in [0.15, 0.2) is 6.20 Å². The van der Waals surface area contributed by atoms with Crippen molar-refractivity contribution < 1.29 is 0 Å². The minimum atomic E-state index is 1.13. The monoisotopic (exact) mass is 135 g/mol. The van der Waals surface area contributed by atoms with Crippen LogP contribution in [0.3, 0.4) is 0 Å². The molecule has 1 aromatic heterocycles. The van der Waals surface area contributed by atoms with Crippen LogP contribution in [0.1, 0.15) is 24.4 Å². The molecule has 0 aliphatic carbocycles. The molecule has 0 aromatic carbocycles. The summed E-state index contributed by atoms with van der Waals surface area (Å²) in [5, 5.41) is 0. The predicted molar refractivity (Wildman–Crippen MR) is 39.6 cm³/mol. The molecule has 1 aliphatic rings. The fourth-order valence-corrected chi connectivity index (χ4v) is 1.40. The van der Waals surface area contributed by atoms with Gasteiger partial charge in [0.25, 0.3) is 0 Å². The van der Waals surface area contributed by atoms with Gasteiger partial charge in [-0.1, -0.05) is 0 Å². The molecule has 0 saturated carbocycles. The van der Waals surface area contributed by atoms with Crippen molar-refractivity contribution in [1.29, 1.82) is 0 Å². The van der Waals surface area contributed by atoms with Crippen LogP contribution in [0, 0.1) is 13.3 Å². The number of nitrogens with zero attached hydrogens (tertiary/aromatic N) is 2. The van der Waals surface area contributed by atoms with Crippen molar-refractivity contribution in [3.8, 4) is 0 Å². The first-order valence-electron chi connectivity index (χ1n) is 3.73. The van der Waals surface area contributed by atoms with Crippen molar-refractivity contribution in [1.82, 2.24) is 9.55 Å². The van der Waals surface area contributed by atoms with E-state index in [1.165, 1.54) is 12.8 Å². The van der Waals surface area contributed by atoms with E-state index in [2.05, 4.69) is 22.2 Å². The first-order chi connectivity index (χ1) is 4.86. The van der Waals surface area contributed by atoms with E-state index in [0.29, 0.717) is 0 Å². The van der Waals surface area contributed by atoms with Gasteiger partial charge < -0.3 is 4.57 Å². The average molecular weight is 135 g/mol. The number of rotatable bonds is 0. The molecule has 0 N–H and O–H groups in total. The smallest absolute Gasteiger partial charge is 0.112 e. The molecule has 0 fully saturated rings. The van der Waals surface area contributed by atoms with Crippen molar-refractivity contribution in [2.24, 2.45) is 0 Å². The van der Waals surface area contributed by atoms with Crippen LogP contribution in [0.2, 0.25) is 0 Å². The van der Waals surface area contributed by atoms with Crippen LogP contribution in [-0.2, 0) is 6.54 Å². The van der Waals surface area contributed by atoms with Crippen molar-refractivity contribution >= 4 is 0 Å². The molecule has 10 heavy (non-hydrogen) atoms. The lowest BCUT2D eigenvalue weighted by atomic mass is 10.2. The van der Waals surface area contributed by atoms with Crippen LogP contribution < -0.4 is 0 Å². The van der Waals surface area contributed by atoms with Gasteiger partial charge in [0.2, 0.25) is 0 Å². The topological polar surface area (TPSA) is 17.8 Å². The van der Waals surface area contributed by atoms with Gasteiger partial charge in [-0.15, -0.1) is 0 Å². The highest BCUT2D eigenvalue weighted by Gasteiger charge is 2.09. The predicted octanol–water partition coefficient (Wildman–Crippen LogP) is 1.54. The fraction of sp³-hybridized carbons (Fsp3) is 0.500. The summed E-state index contributed by atoms with van der Waals surface area (Å²) >= 11 is 0. The van der Waals surface area contributed by atoms with Crippen LogP contribution >= 0.6 is 0 Å². The van der Waals surface area contributed by atoms with E-state index in [1.54, 1.807) is 0 Å². The summed E-state index contributed by atoms with van der Waals surface area (Å²) in [5.41, 5.74) is 1.13. The fourth-order valence-electron chi connectivity index (χ4n) is 1.40. The highest BCUT2D eigenvalue weighted by atomic mass is 15.1. The number of aryl methyl sites for hydroxylation is 2. The molecule has 1 aromatic rings. The zero-order valence-electron chi connectivity index (χ0n) is 6.17. The maximum absolute atomic E-state index is 4.36. The molecular weight excluding hydrogens is 124 g/mol. The maximum Gasteiger partial charge on any atom is 0.112 e. The summed E-state index contributed by atoms with van der Waals surface area (Å²) in [5.74, 6) is 1.16. The van der Waals surface area contributed by atoms with E-state index in [9.17, 15) is 0 Å². The van der Waals surface area contributed by atoms with E-state index in [-0.39, 0.29) is 0 Å². The van der Waals surface area contributed by atoms with Crippen LogP contribution in [0.5, 0.6) is 0 Å². The molecule has 53 valence electrons. The number of hydrogen-bond donors (Lipinski definition) is 0. The number of imidazole rings is 1. The van der Waals surface area contributed by atoms with Crippen molar-refractivity contribution in [3.63, 3.8) is 0 Å². The normalized spacial score (nSPS) is 16.9. The zero-order chi connectivity index (χ0) is 6.97. The number of hydrogen-bond acceptors (Lipinski definition) is 1. The van der Waals surface area contributed by atoms with Gasteiger partial charge in [0.15, 0.2) is 0 Å². The average Bonchev–Trinajstić information content (AvgIpc) is 2.27. The molecule has 0 amide bonds. The minimum absolute atomic E-state index is 1.13. The molecule has 0 saturated heterocycles. The lowest BCUT2D eigenvalue weighted by Gasteiger charge is -2.11. The Balaban J connectivity index is 2.41. The Morgan fingerprint density at radius 3 is 3.30 bits per heavy atom. The first-order valence-corrected chi connectivity index (χ1v) is 3.73. The summed E-state index contributed by atoms with van der Waals surface area (Å²) in [7, 11) is 0. The van der Waals surface area contributed by atoms with E-state index in [0.717, 1.165) is 18.1 Å². The Bertz CT molecular complexity index is 214. The van der Waals surface area contributed by atoms with Gasteiger partial charge in [-0.2, -0.15) is 0 Å². The van der Waals surface area contributed by atoms with E-state index in [4.69, 9.17) is 0 Å². The highest BCUT2D eigenvalue weighted by molar-refractivity contribution is 5.11. The summed E-state index contributed by atoms with van der Waals surface area (Å²) in [6, 6.07) is 0. The molecular formula is C8H11N2. The Morgan fingerprint density at radius 1 is 1.60 bits per heavy atom.